The molecule has 15 heavy (non-hydrogen) atoms. The van der Waals surface area contributed by atoms with E-state index in [1.807, 2.05) is 0 Å². The number of hydrogen-bond donors (Lipinski definition) is 1. The van der Waals surface area contributed by atoms with E-state index in [9.17, 15) is 18.3 Å². The van der Waals surface area contributed by atoms with E-state index >= 15 is 0 Å². The summed E-state index contributed by atoms with van der Waals surface area (Å²) in [7, 11) is -3.99. The van der Waals surface area contributed by atoms with Crippen molar-refractivity contribution in [3.8, 4) is 0 Å². The summed E-state index contributed by atoms with van der Waals surface area (Å²) in [6, 6.07) is 5.79. The summed E-state index contributed by atoms with van der Waals surface area (Å²) in [6.45, 7) is 1.79. The quantitative estimate of drug-likeness (QED) is 0.544. The van der Waals surface area contributed by atoms with Crippen molar-refractivity contribution in [1.29, 1.82) is 0 Å². The van der Waals surface area contributed by atoms with Crippen LogP contribution in [-0.4, -0.2) is 14.5 Å². The van der Waals surface area contributed by atoms with Crippen LogP contribution >= 0.6 is 0 Å². The van der Waals surface area contributed by atoms with Crippen molar-refractivity contribution in [1.82, 2.24) is 4.72 Å². The Morgan fingerprint density at radius 1 is 1.27 bits per heavy atom. The maximum atomic E-state index is 11.2. The Morgan fingerprint density at radius 2 is 1.73 bits per heavy atom. The first kappa shape index (κ1) is 14.4. The molecule has 5 nitrogen and oxygen atoms in total. The van der Waals surface area contributed by atoms with Gasteiger partial charge in [-0.25, -0.2) is 8.42 Å². The van der Waals surface area contributed by atoms with Crippen LogP contribution in [0.3, 0.4) is 0 Å². The molecule has 1 aromatic carbocycles. The van der Waals surface area contributed by atoms with E-state index in [4.69, 9.17) is 0 Å². The third-order valence-corrected chi connectivity index (χ3v) is 2.88. The molecule has 0 radical (unpaired) electrons. The van der Waals surface area contributed by atoms with Gasteiger partial charge in [0.05, 0.1) is 4.90 Å². The van der Waals surface area contributed by atoms with E-state index < -0.39 is 16.1 Å². The monoisotopic (exact) mass is 237 g/mol. The van der Waals surface area contributed by atoms with E-state index in [2.05, 4.69) is 0 Å². The third-order valence-electron chi connectivity index (χ3n) is 1.55. The smallest absolute Gasteiger partial charge is 0.529 e. The molecule has 0 aliphatic carbocycles. The largest absolute Gasteiger partial charge is 1.00 e. The molecule has 7 heteroatoms. The number of nitrogens with one attached hydrogen (secondary N) is 1. The van der Waals surface area contributed by atoms with Crippen LogP contribution in [0.2, 0.25) is 0 Å². The zero-order valence-corrected chi connectivity index (χ0v) is 11.2. The minimum absolute atomic E-state index is 0. The molecule has 0 atom stereocenters. The molecule has 1 aromatic rings. The third kappa shape index (κ3) is 4.21. The average molecular weight is 237 g/mol. The van der Waals surface area contributed by atoms with Crippen molar-refractivity contribution in [2.24, 2.45) is 0 Å². The predicted molar refractivity (Wildman–Crippen MR) is 46.9 cm³/mol. The van der Waals surface area contributed by atoms with Crippen molar-refractivity contribution in [3.63, 3.8) is 0 Å². The molecule has 0 aliphatic heterocycles. The molecule has 1 amide bonds. The Bertz CT molecular complexity index is 440. The van der Waals surface area contributed by atoms with Crippen molar-refractivity contribution in [3.05, 3.63) is 29.8 Å². The van der Waals surface area contributed by atoms with Gasteiger partial charge in [-0.2, -0.15) is 0 Å². The minimum Gasteiger partial charge on any atom is -0.529 e. The zero-order chi connectivity index (χ0) is 10.8. The number of hydrogen-bond acceptors (Lipinski definition) is 4. The molecule has 1 N–H and O–H groups in total. The van der Waals surface area contributed by atoms with E-state index in [1.165, 1.54) is 16.9 Å². The van der Waals surface area contributed by atoms with Crippen LogP contribution in [0, 0.1) is 6.92 Å². The molecule has 0 saturated heterocycles. The molecule has 0 fully saturated rings. The number of carbonyl (C=O) groups is 1. The van der Waals surface area contributed by atoms with Crippen LogP contribution in [0.4, 0.5) is 4.79 Å². The number of benzene rings is 1. The maximum Gasteiger partial charge on any atom is 1.00 e. The van der Waals surface area contributed by atoms with Gasteiger partial charge in [0.1, 0.15) is 6.09 Å². The number of carboxylic acid groups (broad SMARTS) is 1. The van der Waals surface area contributed by atoms with Gasteiger partial charge >= 0.3 is 29.6 Å². The topological polar surface area (TPSA) is 86.3 Å². The average Bonchev–Trinajstić information content (AvgIpc) is 2.02. The summed E-state index contributed by atoms with van der Waals surface area (Å²) in [5.41, 5.74) is 0.886. The fourth-order valence-corrected chi connectivity index (χ4v) is 1.72. The second-order valence-electron chi connectivity index (χ2n) is 2.71. The van der Waals surface area contributed by atoms with Gasteiger partial charge in [0.15, 0.2) is 0 Å². The summed E-state index contributed by atoms with van der Waals surface area (Å²) in [4.78, 5) is 9.95. The van der Waals surface area contributed by atoms with Crippen LogP contribution in [0.25, 0.3) is 0 Å². The summed E-state index contributed by atoms with van der Waals surface area (Å²) < 4.78 is 23.8. The van der Waals surface area contributed by atoms with Crippen LogP contribution in [-0.2, 0) is 10.0 Å². The van der Waals surface area contributed by atoms with Gasteiger partial charge in [-0.1, -0.05) is 17.7 Å². The number of amides is 1. The molecule has 0 unspecified atom stereocenters. The molecule has 0 bridgehead atoms. The Hall–Kier alpha value is -0.560. The molecule has 0 saturated carbocycles. The van der Waals surface area contributed by atoms with Gasteiger partial charge in [0, 0.05) is 0 Å². The SMILES string of the molecule is Cc1ccc(S(=O)(=O)NC(=O)[O-])cc1.[Na+]. The van der Waals surface area contributed by atoms with E-state index in [1.54, 1.807) is 19.1 Å². The fraction of sp³-hybridized carbons (Fsp3) is 0.125. The molecule has 76 valence electrons. The van der Waals surface area contributed by atoms with E-state index in [0.29, 0.717) is 0 Å². The van der Waals surface area contributed by atoms with E-state index in [-0.39, 0.29) is 34.5 Å². The predicted octanol–water partition coefficient (Wildman–Crippen LogP) is -3.38. The van der Waals surface area contributed by atoms with Crippen molar-refractivity contribution >= 4 is 16.1 Å². The molecule has 1 rings (SSSR count). The standard InChI is InChI=1S/C8H9NO4S.Na/c1-6-2-4-7(5-3-6)14(12,13)9-8(10)11;/h2-5,9H,1H3,(H,10,11);/q;+1/p-1. The second-order valence-corrected chi connectivity index (χ2v) is 4.39. The van der Waals surface area contributed by atoms with Crippen LogP contribution in [0.1, 0.15) is 5.56 Å². The van der Waals surface area contributed by atoms with Gasteiger partial charge in [0.25, 0.3) is 10.0 Å². The molecule has 0 spiro atoms. The van der Waals surface area contributed by atoms with Gasteiger partial charge in [-0.05, 0) is 19.1 Å². The van der Waals surface area contributed by atoms with Gasteiger partial charge in [-0.3, -0.25) is 4.72 Å². The van der Waals surface area contributed by atoms with Gasteiger partial charge in [-0.15, -0.1) is 0 Å². The molecule has 0 aliphatic rings. The molecule has 0 aromatic heterocycles. The maximum absolute atomic E-state index is 11.2. The van der Waals surface area contributed by atoms with Crippen molar-refractivity contribution in [2.75, 3.05) is 0 Å². The molecular formula is C8H8NNaO4S. The summed E-state index contributed by atoms with van der Waals surface area (Å²) >= 11 is 0. The van der Waals surface area contributed by atoms with Crippen molar-refractivity contribution in [2.45, 2.75) is 11.8 Å². The summed E-state index contributed by atoms with van der Waals surface area (Å²) in [6.07, 6.45) is -1.84. The Kier molecular flexibility index (Phi) is 5.30. The van der Waals surface area contributed by atoms with E-state index in [0.717, 1.165) is 5.56 Å². The first-order valence-electron chi connectivity index (χ1n) is 3.72. The van der Waals surface area contributed by atoms with Crippen LogP contribution in [0.5, 0.6) is 0 Å². The van der Waals surface area contributed by atoms with Crippen molar-refractivity contribution < 1.29 is 47.9 Å². The summed E-state index contributed by atoms with van der Waals surface area (Å²) in [5, 5.41) is 10.1. The number of carbonyl (C=O) groups excluding carboxylic acids is 1. The van der Waals surface area contributed by atoms with Gasteiger partial charge < -0.3 is 9.90 Å². The number of aryl methyl sites for hydroxylation is 1. The first-order valence-corrected chi connectivity index (χ1v) is 5.20. The number of sulfonamides is 1. The summed E-state index contributed by atoms with van der Waals surface area (Å²) in [5.74, 6) is 0. The minimum atomic E-state index is -3.99. The first-order chi connectivity index (χ1) is 6.42. The normalized spacial score (nSPS) is 10.2. The fourth-order valence-electron chi connectivity index (χ4n) is 0.886. The Labute approximate surface area is 110 Å². The second kappa shape index (κ2) is 5.50. The van der Waals surface area contributed by atoms with Gasteiger partial charge in [0.2, 0.25) is 0 Å². The Balaban J connectivity index is 0.00000196. The molecule has 0 heterocycles. The zero-order valence-electron chi connectivity index (χ0n) is 8.35. The van der Waals surface area contributed by atoms with Crippen LogP contribution in [0.15, 0.2) is 29.2 Å². The van der Waals surface area contributed by atoms with Crippen LogP contribution < -0.4 is 39.4 Å². The number of rotatable bonds is 2. The Morgan fingerprint density at radius 3 is 2.13 bits per heavy atom. The molecular weight excluding hydrogens is 229 g/mol.